The number of carbonyl (C=O) groups is 4. The lowest BCUT2D eigenvalue weighted by Gasteiger charge is -2.45. The summed E-state index contributed by atoms with van der Waals surface area (Å²) < 4.78 is 14.7. The van der Waals surface area contributed by atoms with Crippen LogP contribution in [-0.4, -0.2) is 98.3 Å². The summed E-state index contributed by atoms with van der Waals surface area (Å²) >= 11 is 0. The van der Waals surface area contributed by atoms with Crippen molar-refractivity contribution >= 4 is 23.8 Å². The Morgan fingerprint density at radius 3 is 2.28 bits per heavy atom. The van der Waals surface area contributed by atoms with Crippen LogP contribution in [-0.2, 0) is 33.4 Å². The van der Waals surface area contributed by atoms with E-state index < -0.39 is 79.2 Å². The van der Waals surface area contributed by atoms with Gasteiger partial charge in [0, 0.05) is 20.3 Å². The molecule has 1 aliphatic rings. The monoisotopic (exact) mass is 423 g/mol. The second kappa shape index (κ2) is 9.93. The van der Waals surface area contributed by atoms with Gasteiger partial charge in [0.05, 0.1) is 12.1 Å². The molecule has 1 aliphatic heterocycles. The Morgan fingerprint density at radius 1 is 1.24 bits per heavy atom. The molecule has 6 N–H and O–H groups in total. The summed E-state index contributed by atoms with van der Waals surface area (Å²) in [6.07, 6.45) is -9.34. The first kappa shape index (κ1) is 24.7. The Hall–Kier alpha value is -2.32. The van der Waals surface area contributed by atoms with Crippen molar-refractivity contribution in [2.75, 3.05) is 6.61 Å². The number of aliphatic hydroxyl groups excluding tert-OH is 3. The molecular weight excluding hydrogens is 398 g/mol. The number of carboxylic acid groups (broad SMARTS) is 1. The van der Waals surface area contributed by atoms with Crippen molar-refractivity contribution in [3.8, 4) is 0 Å². The molecule has 0 saturated carbocycles. The van der Waals surface area contributed by atoms with Gasteiger partial charge < -0.3 is 45.1 Å². The fourth-order valence-corrected chi connectivity index (χ4v) is 2.74. The molecule has 1 rings (SSSR count). The van der Waals surface area contributed by atoms with Crippen LogP contribution in [0.25, 0.3) is 0 Å². The van der Waals surface area contributed by atoms with Gasteiger partial charge in [-0.05, 0) is 6.92 Å². The highest BCUT2D eigenvalue weighted by molar-refractivity contribution is 5.76. The molecule has 0 spiro atoms. The van der Waals surface area contributed by atoms with Gasteiger partial charge in [-0.3, -0.25) is 9.59 Å². The van der Waals surface area contributed by atoms with Gasteiger partial charge in [0.25, 0.3) is 5.79 Å². The maximum atomic E-state index is 11.5. The van der Waals surface area contributed by atoms with Gasteiger partial charge >= 0.3 is 17.9 Å². The van der Waals surface area contributed by atoms with Crippen LogP contribution in [0.3, 0.4) is 0 Å². The summed E-state index contributed by atoms with van der Waals surface area (Å²) in [5.74, 6) is -7.50. The van der Waals surface area contributed by atoms with Crippen molar-refractivity contribution in [2.24, 2.45) is 0 Å². The van der Waals surface area contributed by atoms with E-state index >= 15 is 0 Å². The Morgan fingerprint density at radius 2 is 1.83 bits per heavy atom. The smallest absolute Gasteiger partial charge is 0.364 e. The predicted octanol–water partition coefficient (Wildman–Crippen LogP) is -3.37. The maximum absolute atomic E-state index is 11.5. The zero-order chi connectivity index (χ0) is 22.5. The van der Waals surface area contributed by atoms with E-state index in [0.29, 0.717) is 0 Å². The fourth-order valence-electron chi connectivity index (χ4n) is 2.74. The van der Waals surface area contributed by atoms with E-state index in [0.717, 1.165) is 20.8 Å². The Labute approximate surface area is 165 Å². The van der Waals surface area contributed by atoms with Crippen LogP contribution >= 0.6 is 0 Å². The number of carbonyl (C=O) groups excluding carboxylic acids is 3. The largest absolute Gasteiger partial charge is 0.477 e. The van der Waals surface area contributed by atoms with Gasteiger partial charge in [0.15, 0.2) is 6.10 Å². The van der Waals surface area contributed by atoms with E-state index in [9.17, 15) is 39.6 Å². The lowest BCUT2D eigenvalue weighted by molar-refractivity contribution is -0.296. The van der Waals surface area contributed by atoms with E-state index in [1.54, 1.807) is 0 Å². The van der Waals surface area contributed by atoms with Gasteiger partial charge in [0.1, 0.15) is 24.9 Å². The molecule has 0 bridgehead atoms. The van der Waals surface area contributed by atoms with E-state index in [4.69, 9.17) is 14.6 Å². The molecule has 1 amide bonds. The number of amides is 1. The Bertz CT molecular complexity index is 637. The second-order valence-corrected chi connectivity index (χ2v) is 6.62. The molecule has 2 unspecified atom stereocenters. The molecule has 166 valence electrons. The lowest BCUT2D eigenvalue weighted by atomic mass is 9.88. The summed E-state index contributed by atoms with van der Waals surface area (Å²) in [5, 5.41) is 51.4. The quantitative estimate of drug-likeness (QED) is 0.211. The minimum absolute atomic E-state index is 0.667. The van der Waals surface area contributed by atoms with Gasteiger partial charge in [-0.1, -0.05) is 0 Å². The van der Waals surface area contributed by atoms with Gasteiger partial charge in [-0.2, -0.15) is 0 Å². The van der Waals surface area contributed by atoms with Crippen molar-refractivity contribution in [3.05, 3.63) is 0 Å². The Balaban J connectivity index is 3.22. The normalized spacial score (nSPS) is 29.8. The molecule has 7 atom stereocenters. The number of carboxylic acids is 1. The van der Waals surface area contributed by atoms with Crippen LogP contribution in [0.1, 0.15) is 27.2 Å². The van der Waals surface area contributed by atoms with E-state index in [2.05, 4.69) is 10.1 Å². The number of esters is 2. The molecule has 0 aromatic rings. The fraction of sp³-hybridized carbons (Fsp3) is 0.750. The van der Waals surface area contributed by atoms with Crippen molar-refractivity contribution in [2.45, 2.75) is 69.5 Å². The van der Waals surface area contributed by atoms with Gasteiger partial charge in [-0.25, -0.2) is 9.59 Å². The number of nitrogens with one attached hydrogen (secondary N) is 1. The molecule has 1 fully saturated rings. The van der Waals surface area contributed by atoms with Crippen LogP contribution < -0.4 is 5.32 Å². The molecule has 0 aromatic carbocycles. The molecule has 0 aliphatic carbocycles. The van der Waals surface area contributed by atoms with Crippen molar-refractivity contribution < 1.29 is 58.9 Å². The minimum atomic E-state index is -2.91. The third kappa shape index (κ3) is 6.61. The van der Waals surface area contributed by atoms with Crippen molar-refractivity contribution in [1.29, 1.82) is 0 Å². The summed E-state index contributed by atoms with van der Waals surface area (Å²) in [4.78, 5) is 45.7. The molecule has 1 heterocycles. The molecular formula is C16H25NO12. The highest BCUT2D eigenvalue weighted by atomic mass is 16.7. The summed E-state index contributed by atoms with van der Waals surface area (Å²) in [6, 6.07) is -1.39. The van der Waals surface area contributed by atoms with Crippen LogP contribution in [0.2, 0.25) is 0 Å². The number of rotatable bonds is 8. The van der Waals surface area contributed by atoms with Crippen LogP contribution in [0.4, 0.5) is 0 Å². The topological polar surface area (TPSA) is 209 Å². The summed E-state index contributed by atoms with van der Waals surface area (Å²) in [6.45, 7) is 2.34. The van der Waals surface area contributed by atoms with Crippen molar-refractivity contribution in [1.82, 2.24) is 5.32 Å². The SMILES string of the molecule is CC(=O)N[C@H]1[C@H]([C@H](OC(C)=O)[C@H](O)COC(=O)C(C)O)OC(O)(C(=O)O)C[C@@H]1O. The first-order valence-corrected chi connectivity index (χ1v) is 8.57. The van der Waals surface area contributed by atoms with Gasteiger partial charge in [0.2, 0.25) is 5.91 Å². The minimum Gasteiger partial charge on any atom is -0.477 e. The average Bonchev–Trinajstić information content (AvgIpc) is 2.58. The number of hydrogen-bond acceptors (Lipinski definition) is 11. The van der Waals surface area contributed by atoms with Crippen LogP contribution in [0.15, 0.2) is 0 Å². The van der Waals surface area contributed by atoms with Crippen molar-refractivity contribution in [3.63, 3.8) is 0 Å². The van der Waals surface area contributed by atoms with E-state index in [1.807, 2.05) is 0 Å². The molecule has 1 saturated heterocycles. The molecule has 29 heavy (non-hydrogen) atoms. The number of ether oxygens (including phenoxy) is 3. The third-order valence-corrected chi connectivity index (χ3v) is 4.03. The number of hydrogen-bond donors (Lipinski definition) is 6. The predicted molar refractivity (Wildman–Crippen MR) is 89.9 cm³/mol. The average molecular weight is 423 g/mol. The zero-order valence-electron chi connectivity index (χ0n) is 16.0. The Kier molecular flexibility index (Phi) is 8.47. The standard InChI is InChI=1S/C16H25NO12/c1-6(18)14(23)27-5-10(22)12(28-8(3)20)13-11(17-7(2)19)9(21)4-16(26,29-13)15(24)25/h6,9-13,18,21-22,26H,4-5H2,1-3H3,(H,17,19)(H,24,25)/t6?,9-,10+,11+,12+,13+,16?/m0/s1. The first-order valence-electron chi connectivity index (χ1n) is 8.57. The molecule has 0 aromatic heterocycles. The second-order valence-electron chi connectivity index (χ2n) is 6.62. The van der Waals surface area contributed by atoms with E-state index in [-0.39, 0.29) is 0 Å². The molecule has 13 nitrogen and oxygen atoms in total. The highest BCUT2D eigenvalue weighted by Gasteiger charge is 2.55. The van der Waals surface area contributed by atoms with E-state index in [1.165, 1.54) is 0 Å². The highest BCUT2D eigenvalue weighted by Crippen LogP contribution is 2.31. The number of aliphatic carboxylic acids is 1. The zero-order valence-corrected chi connectivity index (χ0v) is 16.0. The molecule has 0 radical (unpaired) electrons. The lowest BCUT2D eigenvalue weighted by Crippen LogP contribution is -2.67. The molecule has 13 heteroatoms. The maximum Gasteiger partial charge on any atom is 0.364 e. The summed E-state index contributed by atoms with van der Waals surface area (Å²) in [7, 11) is 0. The first-order chi connectivity index (χ1) is 13.3. The van der Waals surface area contributed by atoms with Gasteiger partial charge in [-0.15, -0.1) is 0 Å². The third-order valence-electron chi connectivity index (χ3n) is 4.03. The van der Waals surface area contributed by atoms with Crippen LogP contribution in [0.5, 0.6) is 0 Å². The number of aliphatic hydroxyl groups is 4. The summed E-state index contributed by atoms with van der Waals surface area (Å²) in [5.41, 5.74) is 0. The van der Waals surface area contributed by atoms with Crippen LogP contribution in [0, 0.1) is 0 Å².